The maximum absolute atomic E-state index is 13.0. The Hall–Kier alpha value is -3.47. The average molecular weight is 476 g/mol. The molecule has 0 radical (unpaired) electrons. The molecule has 0 aromatic heterocycles. The molecule has 1 aromatic rings. The monoisotopic (exact) mass is 475 g/mol. The number of nitrogens with zero attached hydrogens (tertiary/aromatic N) is 1. The van der Waals surface area contributed by atoms with Gasteiger partial charge < -0.3 is 20.9 Å². The highest BCUT2D eigenvalue weighted by molar-refractivity contribution is 5.98. The normalized spacial score (nSPS) is 17.0. The van der Waals surface area contributed by atoms with Crippen LogP contribution in [-0.2, 0) is 19.2 Å². The van der Waals surface area contributed by atoms with E-state index in [1.807, 2.05) is 13.8 Å². The minimum Gasteiger partial charge on any atom is -0.343 e. The lowest BCUT2D eigenvalue weighted by molar-refractivity contribution is -0.139. The largest absolute Gasteiger partial charge is 0.343 e. The SMILES string of the molecule is CC(C)C[C@H](NC(=O)[C@@H]1CCCN1C(=O)CNC(=O)c1ccccc1)C(=O)N[C@@H](C)C(=O)NO. The van der Waals surface area contributed by atoms with E-state index >= 15 is 0 Å². The Morgan fingerprint density at radius 1 is 1.03 bits per heavy atom. The summed E-state index contributed by atoms with van der Waals surface area (Å²) in [5.74, 6) is -2.53. The summed E-state index contributed by atoms with van der Waals surface area (Å²) in [6, 6.07) is 5.81. The van der Waals surface area contributed by atoms with E-state index in [0.29, 0.717) is 31.4 Å². The smallest absolute Gasteiger partial charge is 0.265 e. The molecule has 2 rings (SSSR count). The van der Waals surface area contributed by atoms with Crippen LogP contribution in [0.5, 0.6) is 0 Å². The van der Waals surface area contributed by atoms with Gasteiger partial charge in [0.05, 0.1) is 6.54 Å². The highest BCUT2D eigenvalue weighted by atomic mass is 16.5. The van der Waals surface area contributed by atoms with Crippen molar-refractivity contribution in [3.05, 3.63) is 35.9 Å². The van der Waals surface area contributed by atoms with Gasteiger partial charge in [0.2, 0.25) is 17.7 Å². The van der Waals surface area contributed by atoms with Crippen molar-refractivity contribution >= 4 is 29.5 Å². The van der Waals surface area contributed by atoms with Gasteiger partial charge >= 0.3 is 0 Å². The van der Waals surface area contributed by atoms with Crippen molar-refractivity contribution in [2.24, 2.45) is 5.92 Å². The molecule has 11 nitrogen and oxygen atoms in total. The van der Waals surface area contributed by atoms with Crippen LogP contribution in [0.1, 0.15) is 50.4 Å². The van der Waals surface area contributed by atoms with Crippen molar-refractivity contribution in [2.45, 2.75) is 58.2 Å². The maximum atomic E-state index is 13.0. The highest BCUT2D eigenvalue weighted by Gasteiger charge is 2.36. The Morgan fingerprint density at radius 2 is 1.71 bits per heavy atom. The number of carbonyl (C=O) groups is 5. The van der Waals surface area contributed by atoms with Crippen LogP contribution in [0.25, 0.3) is 0 Å². The molecule has 0 unspecified atom stereocenters. The summed E-state index contributed by atoms with van der Waals surface area (Å²) >= 11 is 0. The minimum atomic E-state index is -0.998. The predicted molar refractivity (Wildman–Crippen MR) is 122 cm³/mol. The van der Waals surface area contributed by atoms with Gasteiger partial charge in [0, 0.05) is 12.1 Å². The third-order valence-electron chi connectivity index (χ3n) is 5.51. The molecule has 1 aliphatic rings. The van der Waals surface area contributed by atoms with Gasteiger partial charge in [-0.25, -0.2) is 5.48 Å². The molecule has 1 fully saturated rings. The highest BCUT2D eigenvalue weighted by Crippen LogP contribution is 2.18. The molecule has 11 heteroatoms. The second-order valence-corrected chi connectivity index (χ2v) is 8.69. The van der Waals surface area contributed by atoms with Crippen molar-refractivity contribution < 1.29 is 29.2 Å². The molecule has 1 heterocycles. The molecule has 0 bridgehead atoms. The van der Waals surface area contributed by atoms with E-state index in [0.717, 1.165) is 0 Å². The fourth-order valence-corrected chi connectivity index (χ4v) is 3.73. The number of carbonyl (C=O) groups excluding carboxylic acids is 5. The molecule has 0 aliphatic carbocycles. The summed E-state index contributed by atoms with van der Waals surface area (Å²) in [4.78, 5) is 63.5. The van der Waals surface area contributed by atoms with E-state index < -0.39 is 35.8 Å². The van der Waals surface area contributed by atoms with Gasteiger partial charge in [-0.2, -0.15) is 0 Å². The lowest BCUT2D eigenvalue weighted by Gasteiger charge is -2.27. The molecule has 5 amide bonds. The second kappa shape index (κ2) is 12.7. The Kier molecular flexibility index (Phi) is 9.99. The lowest BCUT2D eigenvalue weighted by atomic mass is 10.0. The molecule has 5 N–H and O–H groups in total. The Bertz CT molecular complexity index is 891. The first-order valence-corrected chi connectivity index (χ1v) is 11.3. The fraction of sp³-hybridized carbons (Fsp3) is 0.522. The third kappa shape index (κ3) is 7.55. The average Bonchev–Trinajstić information content (AvgIpc) is 3.31. The van der Waals surface area contributed by atoms with Crippen LogP contribution in [-0.4, -0.2) is 70.9 Å². The fourth-order valence-electron chi connectivity index (χ4n) is 3.73. The number of amides is 5. The van der Waals surface area contributed by atoms with Gasteiger partial charge in [0.25, 0.3) is 11.8 Å². The number of likely N-dealkylation sites (tertiary alicyclic amines) is 1. The summed E-state index contributed by atoms with van der Waals surface area (Å²) in [6.07, 6.45) is 1.37. The van der Waals surface area contributed by atoms with Crippen molar-refractivity contribution in [3.8, 4) is 0 Å². The number of hydrogen-bond donors (Lipinski definition) is 5. The molecular formula is C23H33N5O6. The summed E-state index contributed by atoms with van der Waals surface area (Å²) < 4.78 is 0. The predicted octanol–water partition coefficient (Wildman–Crippen LogP) is -0.0516. The van der Waals surface area contributed by atoms with Gasteiger partial charge in [-0.3, -0.25) is 29.2 Å². The Labute approximate surface area is 198 Å². The number of benzene rings is 1. The summed E-state index contributed by atoms with van der Waals surface area (Å²) in [6.45, 7) is 5.29. The van der Waals surface area contributed by atoms with Gasteiger partial charge in [0.1, 0.15) is 18.1 Å². The van der Waals surface area contributed by atoms with Crippen LogP contribution in [0.4, 0.5) is 0 Å². The molecule has 3 atom stereocenters. The number of hydrogen-bond acceptors (Lipinski definition) is 6. The molecular weight excluding hydrogens is 442 g/mol. The zero-order valence-electron chi connectivity index (χ0n) is 19.7. The van der Waals surface area contributed by atoms with Gasteiger partial charge in [0.15, 0.2) is 0 Å². The van der Waals surface area contributed by atoms with Crippen molar-refractivity contribution in [2.75, 3.05) is 13.1 Å². The van der Waals surface area contributed by atoms with E-state index in [2.05, 4.69) is 16.0 Å². The maximum Gasteiger partial charge on any atom is 0.265 e. The van der Waals surface area contributed by atoms with E-state index in [1.165, 1.54) is 17.3 Å². The number of nitrogens with one attached hydrogen (secondary N) is 4. The second-order valence-electron chi connectivity index (χ2n) is 8.69. The van der Waals surface area contributed by atoms with Gasteiger partial charge in [-0.05, 0) is 44.2 Å². The Morgan fingerprint density at radius 3 is 2.32 bits per heavy atom. The van der Waals surface area contributed by atoms with Crippen LogP contribution in [0.15, 0.2) is 30.3 Å². The Balaban J connectivity index is 1.99. The molecule has 34 heavy (non-hydrogen) atoms. The zero-order valence-corrected chi connectivity index (χ0v) is 19.7. The van der Waals surface area contributed by atoms with Gasteiger partial charge in [-0.15, -0.1) is 0 Å². The van der Waals surface area contributed by atoms with Gasteiger partial charge in [-0.1, -0.05) is 32.0 Å². The summed E-state index contributed by atoms with van der Waals surface area (Å²) in [5.41, 5.74) is 1.90. The van der Waals surface area contributed by atoms with E-state index in [-0.39, 0.29) is 24.3 Å². The molecule has 1 aromatic carbocycles. The number of hydroxylamine groups is 1. The number of rotatable bonds is 10. The lowest BCUT2D eigenvalue weighted by Crippen LogP contribution is -2.56. The van der Waals surface area contributed by atoms with Crippen LogP contribution in [0, 0.1) is 5.92 Å². The molecule has 186 valence electrons. The first-order valence-electron chi connectivity index (χ1n) is 11.3. The van der Waals surface area contributed by atoms with Crippen LogP contribution < -0.4 is 21.4 Å². The van der Waals surface area contributed by atoms with Crippen molar-refractivity contribution in [1.82, 2.24) is 26.3 Å². The first kappa shape index (κ1) is 26.8. The molecule has 0 saturated carbocycles. The van der Waals surface area contributed by atoms with E-state index in [9.17, 15) is 24.0 Å². The summed E-state index contributed by atoms with van der Waals surface area (Å²) in [5, 5.41) is 16.5. The minimum absolute atomic E-state index is 0.0625. The molecule has 1 saturated heterocycles. The standard InChI is InChI=1S/C23H33N5O6/c1-14(2)12-17(22(32)25-15(3)20(30)27-34)26-23(33)18-10-7-11-28(18)19(29)13-24-21(31)16-8-5-4-6-9-16/h4-6,8-9,14-15,17-18,34H,7,10-13H2,1-3H3,(H,24,31)(H,25,32)(H,26,33)(H,27,30)/t15-,17-,18-/m0/s1. The van der Waals surface area contributed by atoms with Crippen LogP contribution in [0.2, 0.25) is 0 Å². The van der Waals surface area contributed by atoms with Crippen molar-refractivity contribution in [3.63, 3.8) is 0 Å². The molecule has 0 spiro atoms. The third-order valence-corrected chi connectivity index (χ3v) is 5.51. The van der Waals surface area contributed by atoms with E-state index in [1.54, 1.807) is 30.3 Å². The topological polar surface area (TPSA) is 157 Å². The van der Waals surface area contributed by atoms with Crippen LogP contribution in [0.3, 0.4) is 0 Å². The first-order chi connectivity index (χ1) is 16.1. The summed E-state index contributed by atoms with van der Waals surface area (Å²) in [7, 11) is 0. The van der Waals surface area contributed by atoms with E-state index in [4.69, 9.17) is 5.21 Å². The van der Waals surface area contributed by atoms with Crippen LogP contribution >= 0.6 is 0 Å². The zero-order chi connectivity index (χ0) is 25.3. The van der Waals surface area contributed by atoms with Crippen molar-refractivity contribution in [1.29, 1.82) is 0 Å². The molecule has 1 aliphatic heterocycles. The quantitative estimate of drug-likeness (QED) is 0.236.